The van der Waals surface area contributed by atoms with Crippen LogP contribution in [0.4, 0.5) is 13.2 Å². The van der Waals surface area contributed by atoms with Crippen LogP contribution in [0.1, 0.15) is 44.1 Å². The van der Waals surface area contributed by atoms with Crippen molar-refractivity contribution in [2.45, 2.75) is 50.8 Å². The molecule has 2 heterocycles. The molecule has 0 bridgehead atoms. The Morgan fingerprint density at radius 1 is 1.24 bits per heavy atom. The van der Waals surface area contributed by atoms with Gasteiger partial charge in [-0.3, -0.25) is 14.4 Å². The van der Waals surface area contributed by atoms with Crippen LogP contribution in [0.15, 0.2) is 29.7 Å². The quantitative estimate of drug-likeness (QED) is 0.561. The molecule has 1 aromatic heterocycles. The van der Waals surface area contributed by atoms with E-state index in [0.717, 1.165) is 37.9 Å². The van der Waals surface area contributed by atoms with E-state index in [1.807, 2.05) is 5.32 Å². The Bertz CT molecular complexity index is 880. The van der Waals surface area contributed by atoms with Crippen LogP contribution in [0.25, 0.3) is 0 Å². The first-order valence-corrected chi connectivity index (χ1v) is 10.4. The summed E-state index contributed by atoms with van der Waals surface area (Å²) in [6, 6.07) is 2.29. The second-order valence-corrected chi connectivity index (χ2v) is 7.64. The van der Waals surface area contributed by atoms with Crippen molar-refractivity contribution >= 4 is 17.8 Å². The van der Waals surface area contributed by atoms with Gasteiger partial charge in [0, 0.05) is 32.3 Å². The number of amides is 2. The fraction of sp³-hybridized carbons (Fsp3) is 0.524. The predicted octanol–water partition coefficient (Wildman–Crippen LogP) is 2.67. The maximum Gasteiger partial charge on any atom is 0.417 e. The average Bonchev–Trinajstić information content (AvgIpc) is 2.76. The molecule has 1 saturated carbocycles. The van der Waals surface area contributed by atoms with E-state index in [1.54, 1.807) is 0 Å². The number of halogens is 3. The number of aliphatic hydroxyl groups excluding tert-OH is 1. The van der Waals surface area contributed by atoms with Crippen molar-refractivity contribution in [3.63, 3.8) is 0 Å². The minimum Gasteiger partial charge on any atom is -0.511 e. The number of carbonyl (C=O) groups excluding carboxylic acids is 2. The van der Waals surface area contributed by atoms with E-state index in [2.05, 4.69) is 4.98 Å². The normalized spacial score (nSPS) is 17.2. The molecule has 182 valence electrons. The van der Waals surface area contributed by atoms with Crippen molar-refractivity contribution in [1.82, 2.24) is 15.2 Å². The van der Waals surface area contributed by atoms with E-state index in [-0.39, 0.29) is 29.7 Å². The number of carbonyl (C=O) groups is 3. The molecule has 33 heavy (non-hydrogen) atoms. The number of ether oxygens (including phenoxy) is 1. The summed E-state index contributed by atoms with van der Waals surface area (Å²) in [7, 11) is 1.50. The zero-order chi connectivity index (χ0) is 24.6. The lowest BCUT2D eigenvalue weighted by Crippen LogP contribution is -2.41. The fourth-order valence-corrected chi connectivity index (χ4v) is 3.26. The maximum atomic E-state index is 12.3. The largest absolute Gasteiger partial charge is 0.511 e. The van der Waals surface area contributed by atoms with E-state index in [9.17, 15) is 32.7 Å². The van der Waals surface area contributed by atoms with Gasteiger partial charge < -0.3 is 25.2 Å². The number of aliphatic carboxylic acids is 1. The van der Waals surface area contributed by atoms with E-state index >= 15 is 0 Å². The highest BCUT2D eigenvalue weighted by atomic mass is 19.4. The van der Waals surface area contributed by atoms with Crippen LogP contribution in [0, 0.1) is 0 Å². The number of aromatic nitrogens is 1. The lowest BCUT2D eigenvalue weighted by molar-refractivity contribution is -0.138. The summed E-state index contributed by atoms with van der Waals surface area (Å²) in [5.41, 5.74) is -1.12. The molecule has 12 heteroatoms. The van der Waals surface area contributed by atoms with Crippen molar-refractivity contribution in [3.05, 3.63) is 35.2 Å². The van der Waals surface area contributed by atoms with Crippen LogP contribution < -0.4 is 10.1 Å². The van der Waals surface area contributed by atoms with Gasteiger partial charge >= 0.3 is 12.1 Å². The van der Waals surface area contributed by atoms with E-state index in [1.165, 1.54) is 24.4 Å². The van der Waals surface area contributed by atoms with Crippen LogP contribution in [0.5, 0.6) is 5.88 Å². The molecule has 2 aliphatic rings. The third-order valence-electron chi connectivity index (χ3n) is 5.06. The minimum absolute atomic E-state index is 0.105. The van der Waals surface area contributed by atoms with Gasteiger partial charge in [-0.2, -0.15) is 13.2 Å². The predicted molar refractivity (Wildman–Crippen MR) is 109 cm³/mol. The van der Waals surface area contributed by atoms with Crippen molar-refractivity contribution in [2.75, 3.05) is 20.1 Å². The molecule has 1 aromatic rings. The van der Waals surface area contributed by atoms with Crippen LogP contribution in [0.2, 0.25) is 0 Å². The Kier molecular flexibility index (Phi) is 9.06. The van der Waals surface area contributed by atoms with E-state index in [0.29, 0.717) is 6.54 Å². The monoisotopic (exact) mass is 473 g/mol. The SMILES string of the molecule is CN1CCC(O)=C(C(=O)NCC(=O)O)C1=O.FC(F)(F)c1ccc(OC2CCCCC2)nc1. The third-order valence-corrected chi connectivity index (χ3v) is 5.06. The van der Waals surface area contributed by atoms with Crippen LogP contribution >= 0.6 is 0 Å². The number of hydrogen-bond donors (Lipinski definition) is 3. The highest BCUT2D eigenvalue weighted by Gasteiger charge is 2.31. The molecule has 3 N–H and O–H groups in total. The smallest absolute Gasteiger partial charge is 0.417 e. The van der Waals surface area contributed by atoms with Crippen molar-refractivity contribution in [2.24, 2.45) is 0 Å². The molecule has 9 nitrogen and oxygen atoms in total. The summed E-state index contributed by atoms with van der Waals surface area (Å²) in [6.07, 6.45) is 2.14. The number of carboxylic acids is 1. The van der Waals surface area contributed by atoms with Gasteiger partial charge in [0.15, 0.2) is 0 Å². The minimum atomic E-state index is -4.34. The molecule has 0 saturated heterocycles. The Hall–Kier alpha value is -3.31. The van der Waals surface area contributed by atoms with Gasteiger partial charge in [0.1, 0.15) is 24.0 Å². The number of nitrogens with zero attached hydrogens (tertiary/aromatic N) is 2. The number of pyridine rings is 1. The van der Waals surface area contributed by atoms with Gasteiger partial charge in [-0.1, -0.05) is 6.42 Å². The van der Waals surface area contributed by atoms with Gasteiger partial charge in [0.25, 0.3) is 11.8 Å². The van der Waals surface area contributed by atoms with E-state index < -0.39 is 36.1 Å². The summed E-state index contributed by atoms with van der Waals surface area (Å²) < 4.78 is 42.4. The number of alkyl halides is 3. The van der Waals surface area contributed by atoms with E-state index in [4.69, 9.17) is 9.84 Å². The third kappa shape index (κ3) is 7.95. The molecular weight excluding hydrogens is 447 g/mol. The highest BCUT2D eigenvalue weighted by molar-refractivity contribution is 6.19. The Balaban J connectivity index is 0.000000234. The molecule has 3 rings (SSSR count). The highest BCUT2D eigenvalue weighted by Crippen LogP contribution is 2.30. The van der Waals surface area contributed by atoms with Crippen LogP contribution in [0.3, 0.4) is 0 Å². The molecule has 2 amide bonds. The van der Waals surface area contributed by atoms with Gasteiger partial charge in [0.05, 0.1) is 5.56 Å². The molecule has 0 unspecified atom stereocenters. The standard InChI is InChI=1S/C12H14F3NO.C9H12N2O5/c13-12(14,15)9-6-7-11(16-8-9)17-10-4-2-1-3-5-10;1-11-3-2-5(12)7(9(11)16)8(15)10-4-6(13)14/h6-8,10H,1-5H2;12H,2-4H2,1H3,(H,10,15)(H,13,14). The number of likely N-dealkylation sites (N-methyl/N-ethyl adjacent to an activating group) is 1. The molecular formula is C21H26F3N3O6. The van der Waals surface area contributed by atoms with Crippen molar-refractivity contribution < 1.29 is 42.5 Å². The average molecular weight is 473 g/mol. The Labute approximate surface area is 188 Å². The van der Waals surface area contributed by atoms with Crippen LogP contribution in [-0.2, 0) is 20.6 Å². The molecule has 1 aliphatic carbocycles. The van der Waals surface area contributed by atoms with Crippen molar-refractivity contribution in [1.29, 1.82) is 0 Å². The summed E-state index contributed by atoms with van der Waals surface area (Å²) in [4.78, 5) is 38.2. The summed E-state index contributed by atoms with van der Waals surface area (Å²) in [6.45, 7) is -0.257. The zero-order valence-electron chi connectivity index (χ0n) is 18.0. The maximum absolute atomic E-state index is 12.3. The number of carboxylic acid groups (broad SMARTS) is 1. The van der Waals surface area contributed by atoms with Crippen LogP contribution in [-0.4, -0.2) is 64.1 Å². The molecule has 0 radical (unpaired) electrons. The second kappa shape index (κ2) is 11.5. The Morgan fingerprint density at radius 3 is 2.45 bits per heavy atom. The first-order chi connectivity index (χ1) is 15.5. The first-order valence-electron chi connectivity index (χ1n) is 10.4. The van der Waals surface area contributed by atoms with Gasteiger partial charge in [-0.05, 0) is 31.7 Å². The summed E-state index contributed by atoms with van der Waals surface area (Å²) >= 11 is 0. The number of hydrogen-bond acceptors (Lipinski definition) is 6. The lowest BCUT2D eigenvalue weighted by Gasteiger charge is -2.23. The molecule has 0 atom stereocenters. The summed E-state index contributed by atoms with van der Waals surface area (Å²) in [5.74, 6) is -2.70. The topological polar surface area (TPSA) is 129 Å². The number of nitrogens with one attached hydrogen (secondary N) is 1. The van der Waals surface area contributed by atoms with Gasteiger partial charge in [-0.15, -0.1) is 0 Å². The fourth-order valence-electron chi connectivity index (χ4n) is 3.26. The number of rotatable bonds is 5. The van der Waals surface area contributed by atoms with Gasteiger partial charge in [0.2, 0.25) is 5.88 Å². The zero-order valence-corrected chi connectivity index (χ0v) is 18.0. The lowest BCUT2D eigenvalue weighted by atomic mass is 9.98. The second-order valence-electron chi connectivity index (χ2n) is 7.64. The van der Waals surface area contributed by atoms with Crippen molar-refractivity contribution in [3.8, 4) is 5.88 Å². The first kappa shape index (κ1) is 25.9. The molecule has 1 aliphatic heterocycles. The Morgan fingerprint density at radius 2 is 1.91 bits per heavy atom. The number of aliphatic hydroxyl groups is 1. The summed E-state index contributed by atoms with van der Waals surface area (Å²) in [5, 5.41) is 19.8. The molecule has 0 spiro atoms. The molecule has 1 fully saturated rings. The molecule has 0 aromatic carbocycles. The van der Waals surface area contributed by atoms with Gasteiger partial charge in [-0.25, -0.2) is 4.98 Å².